The summed E-state index contributed by atoms with van der Waals surface area (Å²) in [5.74, 6) is 0.264. The number of para-hydroxylation sites is 1. The van der Waals surface area contributed by atoms with Crippen LogP contribution in [0.5, 0.6) is 0 Å². The van der Waals surface area contributed by atoms with Crippen molar-refractivity contribution in [2.75, 3.05) is 0 Å². The highest BCUT2D eigenvalue weighted by Gasteiger charge is 2.13. The lowest BCUT2D eigenvalue weighted by atomic mass is 10.1. The highest BCUT2D eigenvalue weighted by Crippen LogP contribution is 2.16. The van der Waals surface area contributed by atoms with Gasteiger partial charge < -0.3 is 5.11 Å². The van der Waals surface area contributed by atoms with Gasteiger partial charge in [-0.05, 0) is 18.1 Å². The fourth-order valence-electron chi connectivity index (χ4n) is 1.59. The van der Waals surface area contributed by atoms with Gasteiger partial charge in [-0.15, -0.1) is 0 Å². The standard InChI is InChI=1S/C12H15N3O/c1-9(2)12-11(8-16)13-15(14-12)10-6-4-3-5-7-10/h3-7,9,16H,8H2,1-2H3. The van der Waals surface area contributed by atoms with E-state index in [0.29, 0.717) is 5.69 Å². The molecular formula is C12H15N3O. The molecule has 1 N–H and O–H groups in total. The van der Waals surface area contributed by atoms with Crippen molar-refractivity contribution in [1.29, 1.82) is 0 Å². The molecule has 2 aromatic rings. The first kappa shape index (κ1) is 10.8. The van der Waals surface area contributed by atoms with E-state index in [1.165, 1.54) is 0 Å². The second kappa shape index (κ2) is 4.45. The van der Waals surface area contributed by atoms with Crippen LogP contribution in [0.4, 0.5) is 0 Å². The number of hydrogen-bond donors (Lipinski definition) is 1. The zero-order valence-electron chi connectivity index (χ0n) is 9.46. The Morgan fingerprint density at radius 2 is 1.88 bits per heavy atom. The lowest BCUT2D eigenvalue weighted by molar-refractivity contribution is 0.274. The summed E-state index contributed by atoms with van der Waals surface area (Å²) in [6, 6.07) is 9.69. The molecule has 0 aliphatic heterocycles. The molecule has 4 heteroatoms. The summed E-state index contributed by atoms with van der Waals surface area (Å²) in [5.41, 5.74) is 2.41. The van der Waals surface area contributed by atoms with Crippen molar-refractivity contribution in [3.05, 3.63) is 41.7 Å². The Hall–Kier alpha value is -1.68. The minimum absolute atomic E-state index is 0.0691. The van der Waals surface area contributed by atoms with Gasteiger partial charge in [0.05, 0.1) is 18.0 Å². The fourth-order valence-corrected chi connectivity index (χ4v) is 1.59. The summed E-state index contributed by atoms with van der Waals surface area (Å²) in [6.07, 6.45) is 0. The first-order valence-corrected chi connectivity index (χ1v) is 5.34. The van der Waals surface area contributed by atoms with Crippen LogP contribution in [0.15, 0.2) is 30.3 Å². The van der Waals surface area contributed by atoms with Gasteiger partial charge in [0.15, 0.2) is 0 Å². The Morgan fingerprint density at radius 1 is 1.19 bits per heavy atom. The van der Waals surface area contributed by atoms with Gasteiger partial charge >= 0.3 is 0 Å². The number of benzene rings is 1. The Labute approximate surface area is 94.5 Å². The molecular weight excluding hydrogens is 202 g/mol. The van der Waals surface area contributed by atoms with Crippen molar-refractivity contribution in [2.24, 2.45) is 0 Å². The summed E-state index contributed by atoms with van der Waals surface area (Å²) in [5, 5.41) is 17.9. The molecule has 0 spiro atoms. The Kier molecular flexibility index (Phi) is 3.01. The van der Waals surface area contributed by atoms with Crippen molar-refractivity contribution in [2.45, 2.75) is 26.4 Å². The van der Waals surface area contributed by atoms with Crippen molar-refractivity contribution in [1.82, 2.24) is 15.0 Å². The molecule has 16 heavy (non-hydrogen) atoms. The van der Waals surface area contributed by atoms with Gasteiger partial charge in [-0.3, -0.25) is 0 Å². The minimum Gasteiger partial charge on any atom is -0.390 e. The number of nitrogens with zero attached hydrogens (tertiary/aromatic N) is 3. The number of hydrogen-bond acceptors (Lipinski definition) is 3. The molecule has 1 heterocycles. The molecule has 1 aromatic heterocycles. The van der Waals surface area contributed by atoms with Crippen LogP contribution in [0.1, 0.15) is 31.2 Å². The molecule has 4 nitrogen and oxygen atoms in total. The molecule has 0 unspecified atom stereocenters. The molecule has 0 bridgehead atoms. The Morgan fingerprint density at radius 3 is 2.38 bits per heavy atom. The lowest BCUT2D eigenvalue weighted by Gasteiger charge is -1.99. The fraction of sp³-hybridized carbons (Fsp3) is 0.333. The molecule has 0 saturated heterocycles. The van der Waals surface area contributed by atoms with Crippen LogP contribution in [0, 0.1) is 0 Å². The number of aliphatic hydroxyl groups is 1. The average molecular weight is 217 g/mol. The number of aromatic nitrogens is 3. The molecule has 2 rings (SSSR count). The first-order chi connectivity index (χ1) is 7.72. The van der Waals surface area contributed by atoms with Gasteiger partial charge in [-0.2, -0.15) is 15.0 Å². The van der Waals surface area contributed by atoms with E-state index < -0.39 is 0 Å². The van der Waals surface area contributed by atoms with E-state index in [0.717, 1.165) is 11.4 Å². The van der Waals surface area contributed by atoms with E-state index >= 15 is 0 Å². The predicted octanol–water partition coefficient (Wildman–Crippen LogP) is 1.88. The largest absolute Gasteiger partial charge is 0.390 e. The molecule has 84 valence electrons. The summed E-state index contributed by atoms with van der Waals surface area (Å²) in [6.45, 7) is 4.01. The quantitative estimate of drug-likeness (QED) is 0.854. The SMILES string of the molecule is CC(C)c1nn(-c2ccccc2)nc1CO. The Balaban J connectivity index is 2.44. The van der Waals surface area contributed by atoms with Crippen LogP contribution >= 0.6 is 0 Å². The number of aliphatic hydroxyl groups excluding tert-OH is 1. The predicted molar refractivity (Wildman–Crippen MR) is 61.4 cm³/mol. The van der Waals surface area contributed by atoms with Gasteiger partial charge in [0.25, 0.3) is 0 Å². The van der Waals surface area contributed by atoms with Crippen LogP contribution < -0.4 is 0 Å². The van der Waals surface area contributed by atoms with E-state index in [-0.39, 0.29) is 12.5 Å². The van der Waals surface area contributed by atoms with Crippen molar-refractivity contribution in [3.8, 4) is 5.69 Å². The summed E-state index contributed by atoms with van der Waals surface area (Å²) in [4.78, 5) is 1.57. The van der Waals surface area contributed by atoms with Gasteiger partial charge in [-0.1, -0.05) is 32.0 Å². The second-order valence-corrected chi connectivity index (χ2v) is 3.97. The van der Waals surface area contributed by atoms with Gasteiger partial charge in [0.1, 0.15) is 5.69 Å². The van der Waals surface area contributed by atoms with Crippen molar-refractivity contribution < 1.29 is 5.11 Å². The summed E-state index contributed by atoms with van der Waals surface area (Å²) < 4.78 is 0. The lowest BCUT2D eigenvalue weighted by Crippen LogP contribution is -1.99. The average Bonchev–Trinajstić information content (AvgIpc) is 2.74. The van der Waals surface area contributed by atoms with E-state index in [2.05, 4.69) is 10.2 Å². The molecule has 0 aliphatic rings. The van der Waals surface area contributed by atoms with E-state index in [1.807, 2.05) is 44.2 Å². The van der Waals surface area contributed by atoms with Crippen molar-refractivity contribution in [3.63, 3.8) is 0 Å². The highest BCUT2D eigenvalue weighted by molar-refractivity contribution is 5.29. The van der Waals surface area contributed by atoms with Gasteiger partial charge in [0.2, 0.25) is 0 Å². The van der Waals surface area contributed by atoms with E-state index in [9.17, 15) is 5.11 Å². The number of rotatable bonds is 3. The maximum atomic E-state index is 9.21. The molecule has 0 aliphatic carbocycles. The first-order valence-electron chi connectivity index (χ1n) is 5.34. The zero-order valence-corrected chi connectivity index (χ0v) is 9.46. The summed E-state index contributed by atoms with van der Waals surface area (Å²) in [7, 11) is 0. The Bertz CT molecular complexity index is 462. The zero-order chi connectivity index (χ0) is 11.5. The third kappa shape index (κ3) is 1.97. The van der Waals surface area contributed by atoms with Gasteiger partial charge in [-0.25, -0.2) is 0 Å². The van der Waals surface area contributed by atoms with Crippen LogP contribution in [-0.4, -0.2) is 20.1 Å². The van der Waals surface area contributed by atoms with Crippen LogP contribution in [0.2, 0.25) is 0 Å². The minimum atomic E-state index is -0.0691. The topological polar surface area (TPSA) is 50.9 Å². The van der Waals surface area contributed by atoms with E-state index in [1.54, 1.807) is 4.80 Å². The van der Waals surface area contributed by atoms with Crippen LogP contribution in [-0.2, 0) is 6.61 Å². The molecule has 0 fully saturated rings. The highest BCUT2D eigenvalue weighted by atomic mass is 16.3. The maximum absolute atomic E-state index is 9.21. The van der Waals surface area contributed by atoms with E-state index in [4.69, 9.17) is 0 Å². The van der Waals surface area contributed by atoms with Crippen LogP contribution in [0.25, 0.3) is 5.69 Å². The third-order valence-electron chi connectivity index (χ3n) is 2.40. The second-order valence-electron chi connectivity index (χ2n) is 3.97. The summed E-state index contributed by atoms with van der Waals surface area (Å²) >= 11 is 0. The maximum Gasteiger partial charge on any atom is 0.112 e. The molecule has 0 amide bonds. The monoisotopic (exact) mass is 217 g/mol. The normalized spacial score (nSPS) is 11.0. The van der Waals surface area contributed by atoms with Crippen molar-refractivity contribution >= 4 is 0 Å². The molecule has 1 aromatic carbocycles. The molecule has 0 saturated carbocycles. The van der Waals surface area contributed by atoms with Gasteiger partial charge in [0, 0.05) is 0 Å². The third-order valence-corrected chi connectivity index (χ3v) is 2.40. The molecule has 0 radical (unpaired) electrons. The molecule has 0 atom stereocenters. The van der Waals surface area contributed by atoms with Crippen LogP contribution in [0.3, 0.4) is 0 Å². The smallest absolute Gasteiger partial charge is 0.112 e.